The van der Waals surface area contributed by atoms with Crippen LogP contribution in [0.5, 0.6) is 0 Å². The van der Waals surface area contributed by atoms with Crippen LogP contribution in [0.2, 0.25) is 5.02 Å². The standard InChI is InChI=1S/C18H12ClN9O/c1-11-14(10-25-27(11)16-4-3-12(20-2)8-21-16)18(29)26-13-7-15(19)17(22-9-13)28-23-5-6-24-28/h3-10H,1H3,(H,26,29). The molecule has 0 aliphatic rings. The van der Waals surface area contributed by atoms with Gasteiger partial charge in [0.05, 0.1) is 53.3 Å². The van der Waals surface area contributed by atoms with Crippen molar-refractivity contribution in [1.82, 2.24) is 34.7 Å². The largest absolute Gasteiger partial charge is 0.320 e. The zero-order valence-corrected chi connectivity index (χ0v) is 15.7. The number of pyridine rings is 2. The molecule has 0 aliphatic heterocycles. The van der Waals surface area contributed by atoms with Crippen molar-refractivity contribution in [2.45, 2.75) is 6.92 Å². The average Bonchev–Trinajstić information content (AvgIpc) is 3.38. The van der Waals surface area contributed by atoms with Crippen molar-refractivity contribution >= 4 is 28.9 Å². The molecule has 142 valence electrons. The zero-order chi connectivity index (χ0) is 20.4. The van der Waals surface area contributed by atoms with Crippen LogP contribution in [-0.2, 0) is 0 Å². The van der Waals surface area contributed by atoms with Crippen molar-refractivity contribution in [2.24, 2.45) is 0 Å². The van der Waals surface area contributed by atoms with Crippen LogP contribution in [0.3, 0.4) is 0 Å². The van der Waals surface area contributed by atoms with Gasteiger partial charge in [-0.2, -0.15) is 15.3 Å². The van der Waals surface area contributed by atoms with E-state index in [2.05, 4.69) is 35.4 Å². The minimum absolute atomic E-state index is 0.288. The lowest BCUT2D eigenvalue weighted by molar-refractivity contribution is 0.102. The SMILES string of the molecule is [C-]#[N+]c1ccc(-n2ncc(C(=O)Nc3cnc(-n4nccn4)c(Cl)c3)c2C)nc1. The lowest BCUT2D eigenvalue weighted by Crippen LogP contribution is -2.14. The maximum absolute atomic E-state index is 12.7. The molecule has 0 saturated heterocycles. The molecule has 0 radical (unpaired) electrons. The Bertz CT molecular complexity index is 1220. The molecule has 4 aromatic rings. The Hall–Kier alpha value is -4.10. The molecule has 0 unspecified atom stereocenters. The van der Waals surface area contributed by atoms with Crippen molar-refractivity contribution in [3.8, 4) is 11.6 Å². The van der Waals surface area contributed by atoms with Gasteiger partial charge in [0.25, 0.3) is 5.91 Å². The van der Waals surface area contributed by atoms with Crippen LogP contribution in [0.15, 0.2) is 49.2 Å². The third-order valence-corrected chi connectivity index (χ3v) is 4.30. The fraction of sp³-hybridized carbons (Fsp3) is 0.0556. The number of aromatic nitrogens is 7. The van der Waals surface area contributed by atoms with E-state index in [9.17, 15) is 4.79 Å². The first-order valence-corrected chi connectivity index (χ1v) is 8.66. The van der Waals surface area contributed by atoms with Crippen LogP contribution in [0.4, 0.5) is 11.4 Å². The van der Waals surface area contributed by atoms with E-state index in [0.29, 0.717) is 34.3 Å². The number of nitrogens with one attached hydrogen (secondary N) is 1. The molecule has 0 bridgehead atoms. The van der Waals surface area contributed by atoms with Gasteiger partial charge >= 0.3 is 0 Å². The number of anilines is 1. The first-order valence-electron chi connectivity index (χ1n) is 8.29. The topological polar surface area (TPSA) is 108 Å². The van der Waals surface area contributed by atoms with Gasteiger partial charge in [-0.05, 0) is 19.1 Å². The van der Waals surface area contributed by atoms with Crippen LogP contribution < -0.4 is 5.32 Å². The summed E-state index contributed by atoms with van der Waals surface area (Å²) in [4.78, 5) is 25.7. The highest BCUT2D eigenvalue weighted by Gasteiger charge is 2.17. The van der Waals surface area contributed by atoms with Crippen LogP contribution in [0.25, 0.3) is 16.5 Å². The van der Waals surface area contributed by atoms with E-state index >= 15 is 0 Å². The number of hydrogen-bond acceptors (Lipinski definition) is 6. The summed E-state index contributed by atoms with van der Waals surface area (Å²) in [5, 5.41) is 15.2. The predicted octanol–water partition coefficient (Wildman–Crippen LogP) is 3.01. The molecule has 0 aliphatic carbocycles. The number of amides is 1. The Labute approximate surface area is 169 Å². The quantitative estimate of drug-likeness (QED) is 0.523. The van der Waals surface area contributed by atoms with Crippen LogP contribution in [-0.4, -0.2) is 40.6 Å². The van der Waals surface area contributed by atoms with Gasteiger partial charge in [0, 0.05) is 6.20 Å². The molecule has 4 heterocycles. The molecule has 0 fully saturated rings. The summed E-state index contributed by atoms with van der Waals surface area (Å²) in [5.41, 5.74) is 1.81. The first kappa shape index (κ1) is 18.3. The molecule has 0 saturated carbocycles. The fourth-order valence-electron chi connectivity index (χ4n) is 2.60. The van der Waals surface area contributed by atoms with E-state index in [1.54, 1.807) is 25.1 Å². The van der Waals surface area contributed by atoms with Gasteiger partial charge in [-0.3, -0.25) is 4.79 Å². The Morgan fingerprint density at radius 2 is 1.93 bits per heavy atom. The zero-order valence-electron chi connectivity index (χ0n) is 15.0. The Morgan fingerprint density at radius 3 is 2.59 bits per heavy atom. The van der Waals surface area contributed by atoms with Gasteiger partial charge in [-0.25, -0.2) is 19.5 Å². The maximum Gasteiger partial charge on any atom is 0.259 e. The van der Waals surface area contributed by atoms with Crippen molar-refractivity contribution in [3.05, 3.63) is 76.9 Å². The van der Waals surface area contributed by atoms with Crippen molar-refractivity contribution in [1.29, 1.82) is 0 Å². The number of carbonyl (C=O) groups excluding carboxylic acids is 1. The van der Waals surface area contributed by atoms with E-state index in [-0.39, 0.29) is 10.9 Å². The molecule has 1 amide bonds. The van der Waals surface area contributed by atoms with Gasteiger partial charge in [-0.1, -0.05) is 17.7 Å². The van der Waals surface area contributed by atoms with Gasteiger partial charge in [-0.15, -0.1) is 4.80 Å². The normalized spacial score (nSPS) is 10.5. The number of carbonyl (C=O) groups is 1. The van der Waals surface area contributed by atoms with Crippen LogP contribution >= 0.6 is 11.6 Å². The molecular weight excluding hydrogens is 394 g/mol. The number of nitrogens with zero attached hydrogens (tertiary/aromatic N) is 8. The Kier molecular flexibility index (Phi) is 4.72. The van der Waals surface area contributed by atoms with E-state index in [1.165, 1.54) is 40.5 Å². The van der Waals surface area contributed by atoms with E-state index < -0.39 is 0 Å². The second-order valence-electron chi connectivity index (χ2n) is 5.84. The van der Waals surface area contributed by atoms with Crippen molar-refractivity contribution < 1.29 is 4.79 Å². The summed E-state index contributed by atoms with van der Waals surface area (Å²) >= 11 is 6.23. The summed E-state index contributed by atoms with van der Waals surface area (Å²) in [6.07, 6.45) is 7.39. The van der Waals surface area contributed by atoms with Crippen molar-refractivity contribution in [2.75, 3.05) is 5.32 Å². The van der Waals surface area contributed by atoms with E-state index in [1.807, 2.05) is 0 Å². The van der Waals surface area contributed by atoms with Gasteiger partial charge < -0.3 is 5.32 Å². The highest BCUT2D eigenvalue weighted by molar-refractivity contribution is 6.32. The minimum Gasteiger partial charge on any atom is -0.320 e. The molecule has 11 heteroatoms. The lowest BCUT2D eigenvalue weighted by Gasteiger charge is -2.08. The monoisotopic (exact) mass is 405 g/mol. The molecular formula is C18H12ClN9O. The first-order chi connectivity index (χ1) is 14.1. The average molecular weight is 406 g/mol. The van der Waals surface area contributed by atoms with E-state index in [0.717, 1.165) is 0 Å². The predicted molar refractivity (Wildman–Crippen MR) is 104 cm³/mol. The number of hydrogen-bond donors (Lipinski definition) is 1. The maximum atomic E-state index is 12.7. The van der Waals surface area contributed by atoms with E-state index in [4.69, 9.17) is 18.2 Å². The summed E-state index contributed by atoms with van der Waals surface area (Å²) in [7, 11) is 0. The summed E-state index contributed by atoms with van der Waals surface area (Å²) in [6, 6.07) is 4.87. The molecule has 29 heavy (non-hydrogen) atoms. The lowest BCUT2D eigenvalue weighted by atomic mass is 10.2. The smallest absolute Gasteiger partial charge is 0.259 e. The van der Waals surface area contributed by atoms with Gasteiger partial charge in [0.15, 0.2) is 11.6 Å². The fourth-order valence-corrected chi connectivity index (χ4v) is 2.84. The third kappa shape index (κ3) is 3.54. The molecule has 10 nitrogen and oxygen atoms in total. The summed E-state index contributed by atoms with van der Waals surface area (Å²) in [5.74, 6) is 0.497. The minimum atomic E-state index is -0.366. The molecule has 0 aromatic carbocycles. The molecule has 1 N–H and O–H groups in total. The van der Waals surface area contributed by atoms with Crippen LogP contribution in [0, 0.1) is 13.5 Å². The Balaban J connectivity index is 1.55. The summed E-state index contributed by atoms with van der Waals surface area (Å²) < 4.78 is 1.53. The molecule has 4 rings (SSSR count). The second-order valence-corrected chi connectivity index (χ2v) is 6.25. The third-order valence-electron chi connectivity index (χ3n) is 4.02. The summed E-state index contributed by atoms with van der Waals surface area (Å²) in [6.45, 7) is 8.74. The molecule has 0 spiro atoms. The van der Waals surface area contributed by atoms with Crippen LogP contribution in [0.1, 0.15) is 16.1 Å². The number of rotatable bonds is 4. The van der Waals surface area contributed by atoms with Gasteiger partial charge in [0.1, 0.15) is 0 Å². The van der Waals surface area contributed by atoms with Crippen molar-refractivity contribution in [3.63, 3.8) is 0 Å². The van der Waals surface area contributed by atoms with Gasteiger partial charge in [0.2, 0.25) is 5.69 Å². The molecule has 0 atom stereocenters. The number of halogens is 1. The Morgan fingerprint density at radius 1 is 1.14 bits per heavy atom. The second kappa shape index (κ2) is 7.49. The highest BCUT2D eigenvalue weighted by Crippen LogP contribution is 2.22. The molecule has 4 aromatic heterocycles. The highest BCUT2D eigenvalue weighted by atomic mass is 35.5.